The highest BCUT2D eigenvalue weighted by Crippen LogP contribution is 2.42. The maximum absolute atomic E-state index is 6.13. The van der Waals surface area contributed by atoms with Gasteiger partial charge in [-0.1, -0.05) is 0 Å². The third-order valence-corrected chi connectivity index (χ3v) is 5.10. The van der Waals surface area contributed by atoms with Gasteiger partial charge in [-0.05, 0) is 43.4 Å². The minimum Gasteiger partial charge on any atom is -0.468 e. The average Bonchev–Trinajstić information content (AvgIpc) is 3.19. The second kappa shape index (κ2) is 6.53. The molecule has 0 aliphatic carbocycles. The molecule has 6 nitrogen and oxygen atoms in total. The summed E-state index contributed by atoms with van der Waals surface area (Å²) >= 11 is 0. The van der Waals surface area contributed by atoms with Crippen molar-refractivity contribution in [2.45, 2.75) is 31.9 Å². The summed E-state index contributed by atoms with van der Waals surface area (Å²) in [6.07, 6.45) is 7.65. The average molecular weight is 328 g/mol. The predicted molar refractivity (Wildman–Crippen MR) is 90.7 cm³/mol. The van der Waals surface area contributed by atoms with Crippen molar-refractivity contribution in [2.75, 3.05) is 31.6 Å². The molecule has 1 spiro atoms. The number of nitrogens with one attached hydrogen (secondary N) is 1. The SMILES string of the molecule is Cc1cnc(NCCC2CCOC23CN(Cc2ccco2)C3)nc1. The first-order valence-electron chi connectivity index (χ1n) is 8.65. The summed E-state index contributed by atoms with van der Waals surface area (Å²) in [6.45, 7) is 6.63. The van der Waals surface area contributed by atoms with E-state index in [1.165, 1.54) is 0 Å². The number of furan rings is 1. The molecule has 0 radical (unpaired) electrons. The Labute approximate surface area is 142 Å². The molecule has 2 aromatic heterocycles. The first kappa shape index (κ1) is 15.6. The van der Waals surface area contributed by atoms with Crippen LogP contribution in [0.1, 0.15) is 24.2 Å². The fourth-order valence-corrected chi connectivity index (χ4v) is 3.83. The van der Waals surface area contributed by atoms with Crippen LogP contribution in [0.3, 0.4) is 0 Å². The quantitative estimate of drug-likeness (QED) is 0.879. The number of ether oxygens (including phenoxy) is 1. The van der Waals surface area contributed by atoms with E-state index in [2.05, 4.69) is 20.2 Å². The van der Waals surface area contributed by atoms with Crippen LogP contribution < -0.4 is 5.32 Å². The van der Waals surface area contributed by atoms with Crippen LogP contribution in [0.15, 0.2) is 35.2 Å². The van der Waals surface area contributed by atoms with Crippen LogP contribution >= 0.6 is 0 Å². The molecule has 2 aromatic rings. The van der Waals surface area contributed by atoms with Crippen LogP contribution in [0.2, 0.25) is 0 Å². The first-order valence-corrected chi connectivity index (χ1v) is 8.65. The molecule has 1 atom stereocenters. The van der Waals surface area contributed by atoms with E-state index in [-0.39, 0.29) is 5.60 Å². The molecule has 2 fully saturated rings. The number of anilines is 1. The Hall–Kier alpha value is -1.92. The zero-order valence-corrected chi connectivity index (χ0v) is 14.1. The van der Waals surface area contributed by atoms with Gasteiger partial charge in [-0.2, -0.15) is 0 Å². The lowest BCUT2D eigenvalue weighted by atomic mass is 9.79. The van der Waals surface area contributed by atoms with Crippen molar-refractivity contribution < 1.29 is 9.15 Å². The number of hydrogen-bond donors (Lipinski definition) is 1. The van der Waals surface area contributed by atoms with Crippen LogP contribution in [0.4, 0.5) is 5.95 Å². The van der Waals surface area contributed by atoms with Crippen molar-refractivity contribution in [3.05, 3.63) is 42.1 Å². The highest BCUT2D eigenvalue weighted by atomic mass is 16.5. The van der Waals surface area contributed by atoms with Gasteiger partial charge in [-0.3, -0.25) is 4.90 Å². The lowest BCUT2D eigenvalue weighted by Gasteiger charge is -2.50. The van der Waals surface area contributed by atoms with Gasteiger partial charge in [0, 0.05) is 38.6 Å². The number of aromatic nitrogens is 2. The Bertz CT molecular complexity index is 650. The third kappa shape index (κ3) is 3.16. The van der Waals surface area contributed by atoms with Gasteiger partial charge in [0.15, 0.2) is 0 Å². The van der Waals surface area contributed by atoms with Crippen molar-refractivity contribution in [3.63, 3.8) is 0 Å². The highest BCUT2D eigenvalue weighted by molar-refractivity contribution is 5.24. The van der Waals surface area contributed by atoms with E-state index < -0.39 is 0 Å². The summed E-state index contributed by atoms with van der Waals surface area (Å²) in [4.78, 5) is 11.0. The minimum absolute atomic E-state index is 0.0441. The maximum Gasteiger partial charge on any atom is 0.222 e. The lowest BCUT2D eigenvalue weighted by Crippen LogP contribution is -2.64. The number of aryl methyl sites for hydroxylation is 1. The smallest absolute Gasteiger partial charge is 0.222 e. The molecule has 2 aliphatic rings. The molecular formula is C18H24N4O2. The molecule has 0 aromatic carbocycles. The second-order valence-corrected chi connectivity index (χ2v) is 6.92. The molecule has 4 heterocycles. The van der Waals surface area contributed by atoms with Gasteiger partial charge in [-0.25, -0.2) is 9.97 Å². The maximum atomic E-state index is 6.13. The van der Waals surface area contributed by atoms with Crippen molar-refractivity contribution >= 4 is 5.95 Å². The number of likely N-dealkylation sites (tertiary alicyclic amines) is 1. The van der Waals surface area contributed by atoms with Crippen molar-refractivity contribution in [1.82, 2.24) is 14.9 Å². The number of rotatable bonds is 6. The molecular weight excluding hydrogens is 304 g/mol. The van der Waals surface area contributed by atoms with E-state index >= 15 is 0 Å². The van der Waals surface area contributed by atoms with Gasteiger partial charge in [-0.15, -0.1) is 0 Å². The van der Waals surface area contributed by atoms with E-state index in [1.807, 2.05) is 31.5 Å². The Balaban J connectivity index is 1.26. The lowest BCUT2D eigenvalue weighted by molar-refractivity contribution is -0.137. The molecule has 0 saturated carbocycles. The van der Waals surface area contributed by atoms with Gasteiger partial charge >= 0.3 is 0 Å². The van der Waals surface area contributed by atoms with Crippen LogP contribution in [0.5, 0.6) is 0 Å². The molecule has 1 N–H and O–H groups in total. The highest BCUT2D eigenvalue weighted by Gasteiger charge is 2.52. The van der Waals surface area contributed by atoms with Crippen LogP contribution in [0, 0.1) is 12.8 Å². The summed E-state index contributed by atoms with van der Waals surface area (Å²) in [5.41, 5.74) is 1.12. The predicted octanol–water partition coefficient (Wildman–Crippen LogP) is 2.47. The Morgan fingerprint density at radius 3 is 2.92 bits per heavy atom. The van der Waals surface area contributed by atoms with E-state index in [1.54, 1.807) is 6.26 Å². The zero-order valence-electron chi connectivity index (χ0n) is 14.1. The van der Waals surface area contributed by atoms with Gasteiger partial charge in [0.25, 0.3) is 0 Å². The summed E-state index contributed by atoms with van der Waals surface area (Å²) in [6, 6.07) is 3.97. The minimum atomic E-state index is 0.0441. The fourth-order valence-electron chi connectivity index (χ4n) is 3.83. The standard InChI is InChI=1S/C18H24N4O2/c1-14-9-20-17(21-10-14)19-6-4-15-5-8-24-18(15)12-22(13-18)11-16-3-2-7-23-16/h2-3,7,9-10,15H,4-6,8,11-13H2,1H3,(H,19,20,21). The molecule has 6 heteroatoms. The molecule has 24 heavy (non-hydrogen) atoms. The van der Waals surface area contributed by atoms with Gasteiger partial charge in [0.2, 0.25) is 5.95 Å². The monoisotopic (exact) mass is 328 g/mol. The third-order valence-electron chi connectivity index (χ3n) is 5.10. The molecule has 0 amide bonds. The normalized spacial score (nSPS) is 22.6. The molecule has 0 bridgehead atoms. The Morgan fingerprint density at radius 1 is 1.33 bits per heavy atom. The Kier molecular flexibility index (Phi) is 4.24. The first-order chi connectivity index (χ1) is 11.7. The van der Waals surface area contributed by atoms with Gasteiger partial charge in [0.1, 0.15) is 5.76 Å². The summed E-state index contributed by atoms with van der Waals surface area (Å²) in [7, 11) is 0. The second-order valence-electron chi connectivity index (χ2n) is 6.92. The van der Waals surface area contributed by atoms with E-state index in [4.69, 9.17) is 9.15 Å². The molecule has 128 valence electrons. The molecule has 1 unspecified atom stereocenters. The van der Waals surface area contributed by atoms with E-state index in [0.717, 1.165) is 57.0 Å². The molecule has 2 aliphatic heterocycles. The molecule has 4 rings (SSSR count). The fraction of sp³-hybridized carbons (Fsp3) is 0.556. The van der Waals surface area contributed by atoms with Crippen molar-refractivity contribution in [1.29, 1.82) is 0 Å². The summed E-state index contributed by atoms with van der Waals surface area (Å²) in [5, 5.41) is 3.33. The van der Waals surface area contributed by atoms with Gasteiger partial charge in [0.05, 0.1) is 18.4 Å². The van der Waals surface area contributed by atoms with Crippen molar-refractivity contribution in [3.8, 4) is 0 Å². The molecule has 2 saturated heterocycles. The topological polar surface area (TPSA) is 63.4 Å². The number of nitrogens with zero attached hydrogens (tertiary/aromatic N) is 3. The van der Waals surface area contributed by atoms with Crippen LogP contribution in [-0.2, 0) is 11.3 Å². The zero-order chi connectivity index (χ0) is 16.4. The largest absolute Gasteiger partial charge is 0.468 e. The number of hydrogen-bond acceptors (Lipinski definition) is 6. The van der Waals surface area contributed by atoms with E-state index in [0.29, 0.717) is 11.9 Å². The van der Waals surface area contributed by atoms with Crippen LogP contribution in [-0.4, -0.2) is 46.7 Å². The summed E-state index contributed by atoms with van der Waals surface area (Å²) in [5.74, 6) is 2.34. The van der Waals surface area contributed by atoms with Gasteiger partial charge < -0.3 is 14.5 Å². The van der Waals surface area contributed by atoms with Crippen LogP contribution in [0.25, 0.3) is 0 Å². The Morgan fingerprint density at radius 2 is 2.17 bits per heavy atom. The summed E-state index contributed by atoms with van der Waals surface area (Å²) < 4.78 is 11.6. The van der Waals surface area contributed by atoms with E-state index in [9.17, 15) is 0 Å². The van der Waals surface area contributed by atoms with Crippen molar-refractivity contribution in [2.24, 2.45) is 5.92 Å².